The van der Waals surface area contributed by atoms with Gasteiger partial charge in [0.15, 0.2) is 6.79 Å². The second-order valence-corrected chi connectivity index (χ2v) is 6.40. The van der Waals surface area contributed by atoms with Gasteiger partial charge in [-0.1, -0.05) is 36.4 Å². The molecule has 0 aliphatic heterocycles. The fraction of sp³-hybridized carbons (Fsp3) is 0.143. The van der Waals surface area contributed by atoms with Gasteiger partial charge in [-0.3, -0.25) is 0 Å². The van der Waals surface area contributed by atoms with E-state index >= 15 is 0 Å². The summed E-state index contributed by atoms with van der Waals surface area (Å²) in [5, 5.41) is 3.47. The highest BCUT2D eigenvalue weighted by atomic mass is 35.5. The van der Waals surface area contributed by atoms with Gasteiger partial charge in [0.2, 0.25) is 5.28 Å². The average molecular weight is 365 g/mol. The van der Waals surface area contributed by atoms with Crippen molar-refractivity contribution in [2.75, 3.05) is 13.9 Å². The van der Waals surface area contributed by atoms with E-state index in [-0.39, 0.29) is 12.1 Å². The topological polar surface area (TPSA) is 44.2 Å². The first kappa shape index (κ1) is 16.8. The minimum atomic E-state index is 0.206. The highest BCUT2D eigenvalue weighted by molar-refractivity contribution is 6.28. The molecule has 0 N–H and O–H groups in total. The predicted molar refractivity (Wildman–Crippen MR) is 105 cm³/mol. The van der Waals surface area contributed by atoms with Crippen LogP contribution in [0.5, 0.6) is 5.75 Å². The second kappa shape index (κ2) is 6.90. The van der Waals surface area contributed by atoms with Gasteiger partial charge in [-0.05, 0) is 58.1 Å². The summed E-state index contributed by atoms with van der Waals surface area (Å²) in [5.41, 5.74) is 4.09. The number of benzene rings is 3. The summed E-state index contributed by atoms with van der Waals surface area (Å²) in [6, 6.07) is 16.4. The summed E-state index contributed by atoms with van der Waals surface area (Å²) in [5.74, 6) is 0.765. The van der Waals surface area contributed by atoms with E-state index in [0.717, 1.165) is 44.1 Å². The molecule has 0 atom stereocenters. The first-order chi connectivity index (χ1) is 12.7. The summed E-state index contributed by atoms with van der Waals surface area (Å²) >= 11 is 6.01. The molecule has 0 unspecified atom stereocenters. The van der Waals surface area contributed by atoms with Gasteiger partial charge in [-0.2, -0.15) is 0 Å². The maximum Gasteiger partial charge on any atom is 0.222 e. The van der Waals surface area contributed by atoms with E-state index in [1.54, 1.807) is 13.3 Å². The highest BCUT2D eigenvalue weighted by Crippen LogP contribution is 2.36. The van der Waals surface area contributed by atoms with E-state index in [1.807, 2.05) is 30.3 Å². The van der Waals surface area contributed by atoms with Crippen molar-refractivity contribution in [2.24, 2.45) is 0 Å². The van der Waals surface area contributed by atoms with Crippen LogP contribution in [0.15, 0.2) is 54.7 Å². The van der Waals surface area contributed by atoms with Gasteiger partial charge in [-0.15, -0.1) is 0 Å². The van der Waals surface area contributed by atoms with E-state index in [1.165, 1.54) is 0 Å². The van der Waals surface area contributed by atoms with Crippen LogP contribution >= 0.6 is 11.6 Å². The van der Waals surface area contributed by atoms with Gasteiger partial charge < -0.3 is 9.47 Å². The molecule has 0 radical (unpaired) electrons. The van der Waals surface area contributed by atoms with Gasteiger partial charge in [0.05, 0.1) is 5.52 Å². The number of hydrogen-bond donors (Lipinski definition) is 0. The fourth-order valence-corrected chi connectivity index (χ4v) is 3.36. The Bertz CT molecular complexity index is 1110. The number of aryl methyl sites for hydroxylation is 1. The van der Waals surface area contributed by atoms with Crippen LogP contribution < -0.4 is 4.74 Å². The van der Waals surface area contributed by atoms with E-state index < -0.39 is 0 Å². The third-order valence-electron chi connectivity index (χ3n) is 4.45. The zero-order valence-corrected chi connectivity index (χ0v) is 15.2. The van der Waals surface area contributed by atoms with Crippen LogP contribution in [0, 0.1) is 6.92 Å². The van der Waals surface area contributed by atoms with Crippen molar-refractivity contribution < 1.29 is 9.47 Å². The maximum atomic E-state index is 6.01. The van der Waals surface area contributed by atoms with Crippen LogP contribution in [-0.2, 0) is 4.74 Å². The molecule has 130 valence electrons. The Morgan fingerprint density at radius 1 is 1.00 bits per heavy atom. The van der Waals surface area contributed by atoms with Crippen molar-refractivity contribution in [3.8, 4) is 16.9 Å². The van der Waals surface area contributed by atoms with Crippen molar-refractivity contribution in [2.45, 2.75) is 6.92 Å². The summed E-state index contributed by atoms with van der Waals surface area (Å²) in [6.45, 7) is 2.26. The van der Waals surface area contributed by atoms with Crippen molar-refractivity contribution in [3.05, 3.63) is 65.6 Å². The number of halogens is 1. The lowest BCUT2D eigenvalue weighted by molar-refractivity contribution is 0.0512. The normalized spacial score (nSPS) is 11.2. The Kier molecular flexibility index (Phi) is 4.45. The van der Waals surface area contributed by atoms with Gasteiger partial charge >= 0.3 is 0 Å². The lowest BCUT2D eigenvalue weighted by Crippen LogP contribution is -1.99. The molecular formula is C21H17ClN2O2. The quantitative estimate of drug-likeness (QED) is 0.359. The Morgan fingerprint density at radius 2 is 1.85 bits per heavy atom. The molecule has 4 aromatic rings. The SMILES string of the molecule is COCOc1cc(-c2ccc3cnc(Cl)nc3c2C)c2ccccc2c1. The summed E-state index contributed by atoms with van der Waals surface area (Å²) in [7, 11) is 1.61. The Labute approximate surface area is 156 Å². The molecule has 1 heterocycles. The van der Waals surface area contributed by atoms with E-state index in [0.29, 0.717) is 0 Å². The molecule has 0 aliphatic carbocycles. The number of aromatic nitrogens is 2. The van der Waals surface area contributed by atoms with Crippen LogP contribution in [0.25, 0.3) is 32.8 Å². The van der Waals surface area contributed by atoms with Crippen molar-refractivity contribution in [1.29, 1.82) is 0 Å². The van der Waals surface area contributed by atoms with Gasteiger partial charge in [0.25, 0.3) is 0 Å². The lowest BCUT2D eigenvalue weighted by Gasteiger charge is -2.14. The highest BCUT2D eigenvalue weighted by Gasteiger charge is 2.12. The molecule has 0 fully saturated rings. The second-order valence-electron chi connectivity index (χ2n) is 6.06. The molecule has 0 aliphatic rings. The van der Waals surface area contributed by atoms with Gasteiger partial charge in [0, 0.05) is 18.7 Å². The van der Waals surface area contributed by atoms with Crippen LogP contribution in [0.2, 0.25) is 5.28 Å². The molecule has 4 rings (SSSR count). The molecule has 3 aromatic carbocycles. The summed E-state index contributed by atoms with van der Waals surface area (Å²) in [4.78, 5) is 8.49. The number of nitrogens with zero attached hydrogens (tertiary/aromatic N) is 2. The zero-order chi connectivity index (χ0) is 18.1. The minimum absolute atomic E-state index is 0.206. The number of methoxy groups -OCH3 is 1. The molecule has 5 heteroatoms. The number of rotatable bonds is 4. The molecule has 0 bridgehead atoms. The average Bonchev–Trinajstić information content (AvgIpc) is 2.66. The number of fused-ring (bicyclic) bond motifs is 2. The largest absolute Gasteiger partial charge is 0.468 e. The van der Waals surface area contributed by atoms with Crippen molar-refractivity contribution in [1.82, 2.24) is 9.97 Å². The van der Waals surface area contributed by atoms with E-state index in [9.17, 15) is 0 Å². The molecule has 1 aromatic heterocycles. The molecule has 0 spiro atoms. The molecule has 0 saturated heterocycles. The monoisotopic (exact) mass is 364 g/mol. The zero-order valence-electron chi connectivity index (χ0n) is 14.5. The Balaban J connectivity index is 1.98. The summed E-state index contributed by atoms with van der Waals surface area (Å²) in [6.07, 6.45) is 1.75. The third-order valence-corrected chi connectivity index (χ3v) is 4.63. The van der Waals surface area contributed by atoms with Crippen LogP contribution in [-0.4, -0.2) is 23.9 Å². The predicted octanol–water partition coefficient (Wildman–Crippen LogP) is 5.39. The fourth-order valence-electron chi connectivity index (χ4n) is 3.23. The molecule has 0 saturated carbocycles. The Morgan fingerprint density at radius 3 is 2.69 bits per heavy atom. The first-order valence-corrected chi connectivity index (χ1v) is 8.62. The van der Waals surface area contributed by atoms with Crippen molar-refractivity contribution >= 4 is 33.3 Å². The van der Waals surface area contributed by atoms with E-state index in [2.05, 4.69) is 35.1 Å². The number of hydrogen-bond acceptors (Lipinski definition) is 4. The maximum absolute atomic E-state index is 6.01. The van der Waals surface area contributed by atoms with Crippen molar-refractivity contribution in [3.63, 3.8) is 0 Å². The number of ether oxygens (including phenoxy) is 2. The smallest absolute Gasteiger partial charge is 0.222 e. The standard InChI is InChI=1S/C21H17ClN2O2/c1-13-17(8-7-15-11-23-21(22)24-20(13)15)19-10-16(26-12-25-2)9-14-5-3-4-6-18(14)19/h3-11H,12H2,1-2H3. The molecule has 4 nitrogen and oxygen atoms in total. The first-order valence-electron chi connectivity index (χ1n) is 8.24. The lowest BCUT2D eigenvalue weighted by atomic mass is 9.93. The van der Waals surface area contributed by atoms with Crippen LogP contribution in [0.3, 0.4) is 0 Å². The van der Waals surface area contributed by atoms with Gasteiger partial charge in [-0.25, -0.2) is 9.97 Å². The molecular weight excluding hydrogens is 348 g/mol. The van der Waals surface area contributed by atoms with E-state index in [4.69, 9.17) is 21.1 Å². The van der Waals surface area contributed by atoms with Crippen LogP contribution in [0.1, 0.15) is 5.56 Å². The minimum Gasteiger partial charge on any atom is -0.468 e. The third kappa shape index (κ3) is 2.98. The Hall–Kier alpha value is -2.69. The van der Waals surface area contributed by atoms with Gasteiger partial charge in [0.1, 0.15) is 5.75 Å². The molecule has 26 heavy (non-hydrogen) atoms. The summed E-state index contributed by atoms with van der Waals surface area (Å²) < 4.78 is 10.7. The molecule has 0 amide bonds. The van der Waals surface area contributed by atoms with Crippen LogP contribution in [0.4, 0.5) is 0 Å².